The summed E-state index contributed by atoms with van der Waals surface area (Å²) in [6.45, 7) is 1.65. The van der Waals surface area contributed by atoms with Crippen molar-refractivity contribution < 1.29 is 18.3 Å². The second-order valence-electron chi connectivity index (χ2n) is 3.78. The molecule has 0 aromatic rings. The zero-order valence-corrected chi connectivity index (χ0v) is 8.25. The SMILES string of the molecule is O=C(O)CS(=O)(=O)NC1C2CNCC21. The smallest absolute Gasteiger partial charge is 0.320 e. The van der Waals surface area contributed by atoms with Crippen molar-refractivity contribution in [3.05, 3.63) is 0 Å². The third-order valence-electron chi connectivity index (χ3n) is 2.72. The van der Waals surface area contributed by atoms with E-state index in [4.69, 9.17) is 5.11 Å². The molecule has 2 unspecified atom stereocenters. The van der Waals surface area contributed by atoms with Crippen LogP contribution in [0.4, 0.5) is 0 Å². The standard InChI is InChI=1S/C7H12N2O4S/c10-6(11)3-14(12,13)9-7-4-1-8-2-5(4)7/h4-5,7-9H,1-3H2,(H,10,11). The molecular weight excluding hydrogens is 208 g/mol. The van der Waals surface area contributed by atoms with E-state index in [0.717, 1.165) is 13.1 Å². The first kappa shape index (κ1) is 9.88. The minimum absolute atomic E-state index is 0.0411. The summed E-state index contributed by atoms with van der Waals surface area (Å²) in [7, 11) is -3.64. The van der Waals surface area contributed by atoms with Crippen molar-refractivity contribution in [1.29, 1.82) is 0 Å². The van der Waals surface area contributed by atoms with Gasteiger partial charge >= 0.3 is 5.97 Å². The number of carboxylic acid groups (broad SMARTS) is 1. The lowest BCUT2D eigenvalue weighted by atomic mass is 10.4. The minimum Gasteiger partial charge on any atom is -0.480 e. The van der Waals surface area contributed by atoms with Crippen LogP contribution in [0.15, 0.2) is 0 Å². The normalized spacial score (nSPS) is 35.3. The van der Waals surface area contributed by atoms with Gasteiger partial charge in [0, 0.05) is 6.04 Å². The first-order chi connectivity index (χ1) is 6.49. The van der Waals surface area contributed by atoms with Gasteiger partial charge in [-0.1, -0.05) is 0 Å². The zero-order chi connectivity index (χ0) is 10.3. The molecule has 6 nitrogen and oxygen atoms in total. The second-order valence-corrected chi connectivity index (χ2v) is 5.54. The quantitative estimate of drug-likeness (QED) is 0.520. The number of hydrogen-bond donors (Lipinski definition) is 3. The summed E-state index contributed by atoms with van der Waals surface area (Å²) >= 11 is 0. The van der Waals surface area contributed by atoms with Gasteiger partial charge in [-0.25, -0.2) is 13.1 Å². The third kappa shape index (κ3) is 1.89. The van der Waals surface area contributed by atoms with Crippen LogP contribution in [0.25, 0.3) is 0 Å². The maximum absolute atomic E-state index is 11.2. The van der Waals surface area contributed by atoms with Crippen LogP contribution >= 0.6 is 0 Å². The largest absolute Gasteiger partial charge is 0.480 e. The molecule has 1 heterocycles. The van der Waals surface area contributed by atoms with Gasteiger partial charge in [0.1, 0.15) is 0 Å². The molecule has 0 bridgehead atoms. The molecular formula is C7H12N2O4S. The van der Waals surface area contributed by atoms with Crippen molar-refractivity contribution in [2.45, 2.75) is 6.04 Å². The predicted octanol–water partition coefficient (Wildman–Crippen LogP) is -1.79. The number of nitrogens with one attached hydrogen (secondary N) is 2. The van der Waals surface area contributed by atoms with Gasteiger partial charge in [0.15, 0.2) is 5.75 Å². The maximum Gasteiger partial charge on any atom is 0.320 e. The van der Waals surface area contributed by atoms with Crippen LogP contribution in [-0.2, 0) is 14.8 Å². The van der Waals surface area contributed by atoms with E-state index in [1.165, 1.54) is 0 Å². The van der Waals surface area contributed by atoms with Crippen molar-refractivity contribution >= 4 is 16.0 Å². The molecule has 2 fully saturated rings. The van der Waals surface area contributed by atoms with Crippen molar-refractivity contribution in [2.75, 3.05) is 18.8 Å². The summed E-state index contributed by atoms with van der Waals surface area (Å²) in [5.74, 6) is -1.44. The van der Waals surface area contributed by atoms with Crippen LogP contribution in [0.2, 0.25) is 0 Å². The fourth-order valence-corrected chi connectivity index (χ4v) is 3.18. The Morgan fingerprint density at radius 1 is 1.43 bits per heavy atom. The van der Waals surface area contributed by atoms with Crippen LogP contribution in [0.5, 0.6) is 0 Å². The van der Waals surface area contributed by atoms with Gasteiger partial charge in [0.05, 0.1) is 0 Å². The van der Waals surface area contributed by atoms with Gasteiger partial charge < -0.3 is 10.4 Å². The lowest BCUT2D eigenvalue weighted by molar-refractivity contribution is -0.134. The van der Waals surface area contributed by atoms with Crippen LogP contribution in [0.1, 0.15) is 0 Å². The van der Waals surface area contributed by atoms with Crippen molar-refractivity contribution in [3.63, 3.8) is 0 Å². The number of hydrogen-bond acceptors (Lipinski definition) is 4. The summed E-state index contributed by atoms with van der Waals surface area (Å²) in [6, 6.07) is -0.0411. The highest BCUT2D eigenvalue weighted by Crippen LogP contribution is 2.41. The molecule has 2 atom stereocenters. The summed E-state index contributed by atoms with van der Waals surface area (Å²) in [5.41, 5.74) is 0. The van der Waals surface area contributed by atoms with Gasteiger partial charge in [0.25, 0.3) is 0 Å². The van der Waals surface area contributed by atoms with Crippen molar-refractivity contribution in [3.8, 4) is 0 Å². The van der Waals surface area contributed by atoms with Crippen molar-refractivity contribution in [2.24, 2.45) is 11.8 Å². The number of fused-ring (bicyclic) bond motifs is 1. The van der Waals surface area contributed by atoms with Gasteiger partial charge in [-0.15, -0.1) is 0 Å². The summed E-state index contributed by atoms with van der Waals surface area (Å²) in [6.07, 6.45) is 0. The highest BCUT2D eigenvalue weighted by atomic mass is 32.2. The molecule has 2 aliphatic rings. The number of carbonyl (C=O) groups is 1. The molecule has 0 aromatic carbocycles. The van der Waals surface area contributed by atoms with E-state index in [-0.39, 0.29) is 6.04 Å². The molecule has 0 spiro atoms. The Hall–Kier alpha value is -0.660. The third-order valence-corrected chi connectivity index (χ3v) is 3.98. The number of rotatable bonds is 4. The average Bonchev–Trinajstić information content (AvgIpc) is 2.51. The molecule has 0 aromatic heterocycles. The van der Waals surface area contributed by atoms with E-state index in [2.05, 4.69) is 10.0 Å². The maximum atomic E-state index is 11.2. The summed E-state index contributed by atoms with van der Waals surface area (Å²) in [5, 5.41) is 11.5. The molecule has 1 aliphatic carbocycles. The zero-order valence-electron chi connectivity index (χ0n) is 7.43. The Morgan fingerprint density at radius 3 is 2.50 bits per heavy atom. The van der Waals surface area contributed by atoms with Crippen LogP contribution < -0.4 is 10.0 Å². The van der Waals surface area contributed by atoms with Gasteiger partial charge in [-0.3, -0.25) is 4.79 Å². The van der Waals surface area contributed by atoms with E-state index in [1.807, 2.05) is 0 Å². The average molecular weight is 220 g/mol. The molecule has 0 radical (unpaired) electrons. The lowest BCUT2D eigenvalue weighted by Gasteiger charge is -2.06. The topological polar surface area (TPSA) is 95.5 Å². The molecule has 80 valence electrons. The first-order valence-corrected chi connectivity index (χ1v) is 6.07. The minimum atomic E-state index is -3.64. The highest BCUT2D eigenvalue weighted by Gasteiger charge is 2.54. The van der Waals surface area contributed by atoms with E-state index in [1.54, 1.807) is 0 Å². The second kappa shape index (κ2) is 3.18. The van der Waals surface area contributed by atoms with Crippen LogP contribution in [-0.4, -0.2) is 44.4 Å². The lowest BCUT2D eigenvalue weighted by Crippen LogP contribution is -2.36. The molecule has 7 heteroatoms. The Bertz CT molecular complexity index is 343. The Morgan fingerprint density at radius 2 is 2.00 bits per heavy atom. The Labute approximate surface area is 81.7 Å². The molecule has 1 saturated carbocycles. The van der Waals surface area contributed by atoms with E-state index in [9.17, 15) is 13.2 Å². The van der Waals surface area contributed by atoms with Gasteiger partial charge in [-0.05, 0) is 24.9 Å². The van der Waals surface area contributed by atoms with Crippen molar-refractivity contribution in [1.82, 2.24) is 10.0 Å². The van der Waals surface area contributed by atoms with Gasteiger partial charge in [0.2, 0.25) is 10.0 Å². The first-order valence-electron chi connectivity index (χ1n) is 4.42. The van der Waals surface area contributed by atoms with Gasteiger partial charge in [-0.2, -0.15) is 0 Å². The fourth-order valence-electron chi connectivity index (χ4n) is 2.00. The van der Waals surface area contributed by atoms with Crippen LogP contribution in [0.3, 0.4) is 0 Å². The molecule has 0 amide bonds. The number of aliphatic carboxylic acids is 1. The monoisotopic (exact) mass is 220 g/mol. The molecule has 1 aliphatic heterocycles. The number of carboxylic acids is 1. The Balaban J connectivity index is 1.89. The van der Waals surface area contributed by atoms with E-state index >= 15 is 0 Å². The number of piperidine rings is 1. The van der Waals surface area contributed by atoms with Crippen LogP contribution in [0, 0.1) is 11.8 Å². The fraction of sp³-hybridized carbons (Fsp3) is 0.857. The van der Waals surface area contributed by atoms with E-state index in [0.29, 0.717) is 11.8 Å². The molecule has 3 N–H and O–H groups in total. The predicted molar refractivity (Wildman–Crippen MR) is 48.2 cm³/mol. The summed E-state index contributed by atoms with van der Waals surface area (Å²) in [4.78, 5) is 10.2. The molecule has 14 heavy (non-hydrogen) atoms. The molecule has 2 rings (SSSR count). The van der Waals surface area contributed by atoms with E-state index < -0.39 is 21.7 Å². The highest BCUT2D eigenvalue weighted by molar-refractivity contribution is 7.90. The number of sulfonamides is 1. The molecule has 1 saturated heterocycles. The Kier molecular flexibility index (Phi) is 2.24. The summed E-state index contributed by atoms with van der Waals surface area (Å²) < 4.78 is 24.8.